The lowest BCUT2D eigenvalue weighted by Crippen LogP contribution is -1.99. The van der Waals surface area contributed by atoms with E-state index in [0.29, 0.717) is 11.3 Å². The van der Waals surface area contributed by atoms with Gasteiger partial charge in [-0.15, -0.1) is 0 Å². The van der Waals surface area contributed by atoms with E-state index in [4.69, 9.17) is 0 Å². The van der Waals surface area contributed by atoms with Crippen LogP contribution in [-0.4, -0.2) is 14.5 Å². The standard InChI is InChI=1S/C17H10BrN3O2/c18-11-7-8-14-13(10-11)12-4-3-5-15(21(22)23)17(12)20(14)16-6-1-2-9-19-16/h1-10H. The molecule has 2 heterocycles. The molecule has 23 heavy (non-hydrogen) atoms. The summed E-state index contributed by atoms with van der Waals surface area (Å²) in [5.74, 6) is 0.657. The molecule has 2 aromatic carbocycles. The number of fused-ring (bicyclic) bond motifs is 3. The molecule has 0 saturated heterocycles. The van der Waals surface area contributed by atoms with Gasteiger partial charge in [-0.3, -0.25) is 14.7 Å². The quantitative estimate of drug-likeness (QED) is 0.375. The Morgan fingerprint density at radius 2 is 1.91 bits per heavy atom. The fourth-order valence-electron chi connectivity index (χ4n) is 2.89. The van der Waals surface area contributed by atoms with Crippen molar-refractivity contribution in [2.24, 2.45) is 0 Å². The summed E-state index contributed by atoms with van der Waals surface area (Å²) in [6.45, 7) is 0. The second-order valence-electron chi connectivity index (χ2n) is 5.12. The highest BCUT2D eigenvalue weighted by Crippen LogP contribution is 2.37. The molecule has 0 amide bonds. The molecule has 6 heteroatoms. The van der Waals surface area contributed by atoms with Crippen LogP contribution in [0.1, 0.15) is 0 Å². The molecule has 0 spiro atoms. The number of rotatable bonds is 2. The first kappa shape index (κ1) is 13.9. The number of aromatic nitrogens is 2. The number of non-ortho nitro benzene ring substituents is 1. The molecule has 0 aliphatic heterocycles. The molecule has 2 aromatic heterocycles. The Labute approximate surface area is 139 Å². The first-order valence-electron chi connectivity index (χ1n) is 6.95. The zero-order valence-corrected chi connectivity index (χ0v) is 13.4. The summed E-state index contributed by atoms with van der Waals surface area (Å²) >= 11 is 3.47. The lowest BCUT2D eigenvalue weighted by Gasteiger charge is -2.06. The van der Waals surface area contributed by atoms with E-state index in [0.717, 1.165) is 20.8 Å². The maximum atomic E-state index is 11.5. The van der Waals surface area contributed by atoms with Crippen molar-refractivity contribution in [3.63, 3.8) is 0 Å². The van der Waals surface area contributed by atoms with Crippen molar-refractivity contribution in [2.45, 2.75) is 0 Å². The van der Waals surface area contributed by atoms with Crippen molar-refractivity contribution in [1.82, 2.24) is 9.55 Å². The second-order valence-corrected chi connectivity index (χ2v) is 6.03. The number of nitro benzene ring substituents is 1. The maximum Gasteiger partial charge on any atom is 0.293 e. The van der Waals surface area contributed by atoms with Gasteiger partial charge >= 0.3 is 0 Å². The van der Waals surface area contributed by atoms with E-state index in [2.05, 4.69) is 20.9 Å². The molecule has 0 saturated carbocycles. The van der Waals surface area contributed by atoms with Crippen LogP contribution in [0.25, 0.3) is 27.6 Å². The predicted octanol–water partition coefficient (Wildman–Crippen LogP) is 4.85. The Kier molecular flexibility index (Phi) is 3.12. The molecule has 112 valence electrons. The van der Waals surface area contributed by atoms with Crippen molar-refractivity contribution in [3.8, 4) is 5.82 Å². The van der Waals surface area contributed by atoms with Gasteiger partial charge in [-0.1, -0.05) is 34.1 Å². The third-order valence-corrected chi connectivity index (χ3v) is 4.30. The molecule has 0 aliphatic rings. The Bertz CT molecular complexity index is 1060. The average Bonchev–Trinajstić information content (AvgIpc) is 2.89. The number of pyridine rings is 1. The van der Waals surface area contributed by atoms with Crippen LogP contribution < -0.4 is 0 Å². The predicted molar refractivity (Wildman–Crippen MR) is 92.9 cm³/mol. The summed E-state index contributed by atoms with van der Waals surface area (Å²) in [6.07, 6.45) is 1.68. The minimum absolute atomic E-state index is 0.0699. The van der Waals surface area contributed by atoms with Crippen LogP contribution in [0.15, 0.2) is 65.3 Å². The molecular weight excluding hydrogens is 358 g/mol. The molecule has 0 atom stereocenters. The van der Waals surface area contributed by atoms with Crippen LogP contribution in [0.5, 0.6) is 0 Å². The molecule has 0 unspecified atom stereocenters. The van der Waals surface area contributed by atoms with Crippen LogP contribution in [-0.2, 0) is 0 Å². The molecule has 0 radical (unpaired) electrons. The van der Waals surface area contributed by atoms with Gasteiger partial charge in [0.2, 0.25) is 0 Å². The average molecular weight is 368 g/mol. The summed E-state index contributed by atoms with van der Waals surface area (Å²) in [5, 5.41) is 13.3. The van der Waals surface area contributed by atoms with Crippen molar-refractivity contribution in [3.05, 3.63) is 75.4 Å². The highest BCUT2D eigenvalue weighted by molar-refractivity contribution is 9.10. The molecular formula is C17H10BrN3O2. The summed E-state index contributed by atoms with van der Waals surface area (Å²) in [5.41, 5.74) is 1.51. The number of nitrogens with zero attached hydrogens (tertiary/aromatic N) is 3. The zero-order valence-electron chi connectivity index (χ0n) is 11.8. The van der Waals surface area contributed by atoms with Crippen LogP contribution in [0, 0.1) is 10.1 Å². The fourth-order valence-corrected chi connectivity index (χ4v) is 3.26. The Morgan fingerprint density at radius 1 is 1.04 bits per heavy atom. The molecule has 5 nitrogen and oxygen atoms in total. The SMILES string of the molecule is O=[N+]([O-])c1cccc2c3cc(Br)ccc3n(-c3ccccn3)c12. The van der Waals surface area contributed by atoms with Gasteiger partial charge in [0.25, 0.3) is 5.69 Å². The van der Waals surface area contributed by atoms with Gasteiger partial charge in [0, 0.05) is 27.5 Å². The smallest absolute Gasteiger partial charge is 0.288 e. The molecule has 0 fully saturated rings. The number of benzene rings is 2. The molecule has 4 rings (SSSR count). The second kappa shape index (κ2) is 5.17. The normalized spacial score (nSPS) is 11.2. The van der Waals surface area contributed by atoms with Crippen LogP contribution in [0.4, 0.5) is 5.69 Å². The summed E-state index contributed by atoms with van der Waals surface area (Å²) in [4.78, 5) is 15.5. The third kappa shape index (κ3) is 2.10. The third-order valence-electron chi connectivity index (χ3n) is 3.80. The minimum atomic E-state index is -0.351. The van der Waals surface area contributed by atoms with E-state index in [1.165, 1.54) is 6.07 Å². The van der Waals surface area contributed by atoms with Gasteiger partial charge in [-0.05, 0) is 30.3 Å². The zero-order chi connectivity index (χ0) is 16.0. The highest BCUT2D eigenvalue weighted by Gasteiger charge is 2.21. The highest BCUT2D eigenvalue weighted by atomic mass is 79.9. The van der Waals surface area contributed by atoms with Crippen molar-refractivity contribution in [1.29, 1.82) is 0 Å². The number of para-hydroxylation sites is 1. The van der Waals surface area contributed by atoms with E-state index >= 15 is 0 Å². The van der Waals surface area contributed by atoms with E-state index in [-0.39, 0.29) is 10.6 Å². The topological polar surface area (TPSA) is 61.0 Å². The molecule has 0 aliphatic carbocycles. The van der Waals surface area contributed by atoms with E-state index in [1.807, 2.05) is 47.0 Å². The first-order chi connectivity index (χ1) is 11.2. The van der Waals surface area contributed by atoms with Gasteiger partial charge in [0.1, 0.15) is 11.3 Å². The van der Waals surface area contributed by atoms with Crippen molar-refractivity contribution >= 4 is 43.4 Å². The summed E-state index contributed by atoms with van der Waals surface area (Å²) < 4.78 is 2.77. The van der Waals surface area contributed by atoms with Crippen molar-refractivity contribution in [2.75, 3.05) is 0 Å². The van der Waals surface area contributed by atoms with Gasteiger partial charge in [0.05, 0.1) is 10.4 Å². The number of nitro groups is 1. The molecule has 0 bridgehead atoms. The summed E-state index contributed by atoms with van der Waals surface area (Å²) in [7, 11) is 0. The minimum Gasteiger partial charge on any atom is -0.288 e. The van der Waals surface area contributed by atoms with Crippen LogP contribution in [0.2, 0.25) is 0 Å². The fraction of sp³-hybridized carbons (Fsp3) is 0. The molecule has 4 aromatic rings. The largest absolute Gasteiger partial charge is 0.293 e. The number of halogens is 1. The van der Waals surface area contributed by atoms with E-state index in [1.54, 1.807) is 12.3 Å². The maximum absolute atomic E-state index is 11.5. The Balaban J connectivity index is 2.27. The van der Waals surface area contributed by atoms with Crippen molar-refractivity contribution < 1.29 is 4.92 Å². The van der Waals surface area contributed by atoms with Crippen LogP contribution in [0.3, 0.4) is 0 Å². The number of hydrogen-bond donors (Lipinski definition) is 0. The Hall–Kier alpha value is -2.73. The van der Waals surface area contributed by atoms with Gasteiger partial charge in [-0.25, -0.2) is 4.98 Å². The monoisotopic (exact) mass is 367 g/mol. The van der Waals surface area contributed by atoms with Crippen LogP contribution >= 0.6 is 15.9 Å². The van der Waals surface area contributed by atoms with Gasteiger partial charge in [-0.2, -0.15) is 0 Å². The van der Waals surface area contributed by atoms with E-state index < -0.39 is 0 Å². The lowest BCUT2D eigenvalue weighted by atomic mass is 10.1. The lowest BCUT2D eigenvalue weighted by molar-refractivity contribution is -0.383. The van der Waals surface area contributed by atoms with Gasteiger partial charge in [0.15, 0.2) is 0 Å². The molecule has 0 N–H and O–H groups in total. The van der Waals surface area contributed by atoms with E-state index in [9.17, 15) is 10.1 Å². The summed E-state index contributed by atoms with van der Waals surface area (Å²) in [6, 6.07) is 16.5. The Morgan fingerprint density at radius 3 is 2.65 bits per heavy atom. The van der Waals surface area contributed by atoms with Gasteiger partial charge < -0.3 is 0 Å². The number of hydrogen-bond acceptors (Lipinski definition) is 3. The first-order valence-corrected chi connectivity index (χ1v) is 7.74.